The Morgan fingerprint density at radius 2 is 1.55 bits per heavy atom. The van der Waals surface area contributed by atoms with Crippen LogP contribution < -0.4 is 0 Å². The summed E-state index contributed by atoms with van der Waals surface area (Å²) in [6, 6.07) is 3.65. The second kappa shape index (κ2) is 5.67. The molecule has 0 nitrogen and oxygen atoms in total. The molecule has 0 amide bonds. The molecule has 0 aromatic heterocycles. The molecule has 0 heterocycles. The molecule has 0 fully saturated rings. The minimum atomic E-state index is -0.602. The predicted octanol–water partition coefficient (Wildman–Crippen LogP) is 2.99. The minimum absolute atomic E-state index is 0.169. The topological polar surface area (TPSA) is 0 Å². The number of hydrogen-bond acceptors (Lipinski definition) is 0. The van der Waals surface area contributed by atoms with Gasteiger partial charge in [0.25, 0.3) is 0 Å². The maximum absolute atomic E-state index is 12.3. The van der Waals surface area contributed by atoms with Crippen molar-refractivity contribution in [3.8, 4) is 0 Å². The second-order valence-corrected chi connectivity index (χ2v) is 1.70. The Balaban J connectivity index is 0.000000461. The Morgan fingerprint density at radius 3 is 1.82 bits per heavy atom. The molecule has 1 aromatic carbocycles. The number of benzene rings is 1. The molecular formula is C7H5BrF2Zn. The molecule has 0 aliphatic heterocycles. The predicted molar refractivity (Wildman–Crippen MR) is 39.7 cm³/mol. The summed E-state index contributed by atoms with van der Waals surface area (Å²) in [5.41, 5.74) is -0.169. The molecule has 0 unspecified atom stereocenters. The molecule has 0 radical (unpaired) electrons. The van der Waals surface area contributed by atoms with Gasteiger partial charge in [-0.3, -0.25) is 8.78 Å². The van der Waals surface area contributed by atoms with Crippen LogP contribution in [0.3, 0.4) is 0 Å². The van der Waals surface area contributed by atoms with Gasteiger partial charge >= 0.3 is 30.0 Å². The molecule has 0 aliphatic carbocycles. The van der Waals surface area contributed by atoms with Gasteiger partial charge in [0.1, 0.15) is 0 Å². The molecule has 0 atom stereocenters. The van der Waals surface area contributed by atoms with Crippen molar-refractivity contribution in [1.29, 1.82) is 0 Å². The van der Waals surface area contributed by atoms with Crippen LogP contribution in [0.15, 0.2) is 18.2 Å². The van der Waals surface area contributed by atoms with Crippen molar-refractivity contribution in [3.05, 3.63) is 42.3 Å². The van der Waals surface area contributed by atoms with Gasteiger partial charge in [0.15, 0.2) is 0 Å². The molecule has 0 bridgehead atoms. The fourth-order valence-corrected chi connectivity index (χ4v) is 0.532. The van der Waals surface area contributed by atoms with Crippen molar-refractivity contribution < 1.29 is 25.1 Å². The first-order chi connectivity index (χ1) is 5.22. The van der Waals surface area contributed by atoms with Crippen LogP contribution in [0.4, 0.5) is 8.78 Å². The third-order valence-corrected chi connectivity index (χ3v) is 1.06. The summed E-state index contributed by atoms with van der Waals surface area (Å²) >= 11 is 4.25. The monoisotopic (exact) mass is 270 g/mol. The van der Waals surface area contributed by atoms with Gasteiger partial charge in [-0.15, -0.1) is 5.56 Å². The van der Waals surface area contributed by atoms with Crippen LogP contribution in [0.25, 0.3) is 0 Å². The molecule has 1 aromatic rings. The van der Waals surface area contributed by atoms with Crippen LogP contribution in [0, 0.1) is 18.6 Å². The second-order valence-electron chi connectivity index (χ2n) is 1.70. The molecule has 0 saturated heterocycles. The fourth-order valence-electron chi connectivity index (χ4n) is 0.532. The Bertz CT molecular complexity index is 207. The van der Waals surface area contributed by atoms with Crippen molar-refractivity contribution in [2.45, 2.75) is 0 Å². The van der Waals surface area contributed by atoms with E-state index in [9.17, 15) is 8.78 Å². The molecule has 0 aliphatic rings. The van der Waals surface area contributed by atoms with Gasteiger partial charge < -0.3 is 0 Å². The van der Waals surface area contributed by atoms with Crippen LogP contribution in [0.1, 0.15) is 5.56 Å². The van der Waals surface area contributed by atoms with Gasteiger partial charge in [0, 0.05) is 11.6 Å². The summed E-state index contributed by atoms with van der Waals surface area (Å²) in [6.07, 6.45) is 0. The van der Waals surface area contributed by atoms with Crippen molar-refractivity contribution >= 4 is 13.6 Å². The first-order valence-electron chi connectivity index (χ1n) is 2.74. The van der Waals surface area contributed by atoms with Crippen LogP contribution in [-0.4, -0.2) is 0 Å². The summed E-state index contributed by atoms with van der Waals surface area (Å²) in [5.74, 6) is -1.20. The molecule has 4 heteroatoms. The molecule has 0 N–H and O–H groups in total. The molecular weight excluding hydrogens is 267 g/mol. The SMILES string of the molecule is [CH2-]c1c(F)cccc1F.[Zn+][Br]. The van der Waals surface area contributed by atoms with E-state index in [0.29, 0.717) is 0 Å². The van der Waals surface area contributed by atoms with Crippen molar-refractivity contribution in [1.82, 2.24) is 0 Å². The Kier molecular flexibility index (Phi) is 5.70. The summed E-state index contributed by atoms with van der Waals surface area (Å²) < 4.78 is 24.6. The van der Waals surface area contributed by atoms with E-state index in [2.05, 4.69) is 20.5 Å². The van der Waals surface area contributed by atoms with E-state index < -0.39 is 11.6 Å². The first kappa shape index (κ1) is 11.1. The Morgan fingerprint density at radius 1 is 1.18 bits per heavy atom. The molecule has 0 saturated carbocycles. The number of hydrogen-bond donors (Lipinski definition) is 0. The van der Waals surface area contributed by atoms with E-state index in [1.54, 1.807) is 0 Å². The van der Waals surface area contributed by atoms with Crippen LogP contribution in [0.5, 0.6) is 0 Å². The molecule has 0 spiro atoms. The van der Waals surface area contributed by atoms with Crippen molar-refractivity contribution in [3.63, 3.8) is 0 Å². The van der Waals surface area contributed by atoms with Crippen LogP contribution in [-0.2, 0) is 16.3 Å². The fraction of sp³-hybridized carbons (Fsp3) is 0. The van der Waals surface area contributed by atoms with E-state index in [-0.39, 0.29) is 5.56 Å². The maximum atomic E-state index is 12.3. The van der Waals surface area contributed by atoms with E-state index in [1.165, 1.54) is 34.5 Å². The summed E-state index contributed by atoms with van der Waals surface area (Å²) in [5, 5.41) is 0. The van der Waals surface area contributed by atoms with Gasteiger partial charge in [-0.25, -0.2) is 0 Å². The summed E-state index contributed by atoms with van der Waals surface area (Å²) in [6.45, 7) is 3.17. The summed E-state index contributed by atoms with van der Waals surface area (Å²) in [7, 11) is 0. The Labute approximate surface area is 81.0 Å². The first-order valence-corrected chi connectivity index (χ1v) is 9.69. The van der Waals surface area contributed by atoms with Gasteiger partial charge in [0.05, 0.1) is 0 Å². The van der Waals surface area contributed by atoms with Gasteiger partial charge in [-0.1, -0.05) is 18.2 Å². The zero-order chi connectivity index (χ0) is 8.85. The molecule has 11 heavy (non-hydrogen) atoms. The van der Waals surface area contributed by atoms with E-state index in [0.717, 1.165) is 0 Å². The number of rotatable bonds is 0. The van der Waals surface area contributed by atoms with Crippen molar-refractivity contribution in [2.24, 2.45) is 0 Å². The third-order valence-electron chi connectivity index (χ3n) is 1.06. The van der Waals surface area contributed by atoms with Gasteiger partial charge in [-0.05, 0) is 0 Å². The average molecular weight is 272 g/mol. The van der Waals surface area contributed by atoms with Gasteiger partial charge in [0.2, 0.25) is 0 Å². The zero-order valence-electron chi connectivity index (χ0n) is 5.78. The quantitative estimate of drug-likeness (QED) is 0.503. The summed E-state index contributed by atoms with van der Waals surface area (Å²) in [4.78, 5) is 0. The standard InChI is InChI=1S/C7H5F2.BrH.Zn/c1-5-6(8)3-2-4-7(5)9;;/h2-4H,1H2;1H;/q-1;;+2/p-1. The van der Waals surface area contributed by atoms with Gasteiger partial charge in [-0.2, -0.15) is 6.92 Å². The van der Waals surface area contributed by atoms with E-state index in [1.807, 2.05) is 0 Å². The molecule has 56 valence electrons. The molecule has 1 rings (SSSR count). The van der Waals surface area contributed by atoms with Crippen molar-refractivity contribution in [2.75, 3.05) is 0 Å². The van der Waals surface area contributed by atoms with E-state index >= 15 is 0 Å². The normalized spacial score (nSPS) is 8.45. The Hall–Kier alpha value is 0.0534. The number of halogens is 3. The van der Waals surface area contributed by atoms with E-state index in [4.69, 9.17) is 0 Å². The average Bonchev–Trinajstić information content (AvgIpc) is 2.04. The third kappa shape index (κ3) is 3.30. The van der Waals surface area contributed by atoms with Crippen LogP contribution in [0.2, 0.25) is 0 Å². The van der Waals surface area contributed by atoms with Crippen LogP contribution >= 0.6 is 13.6 Å². The zero-order valence-corrected chi connectivity index (χ0v) is 10.3.